The average Bonchev–Trinajstić information content (AvgIpc) is 2.95. The summed E-state index contributed by atoms with van der Waals surface area (Å²) in [6.07, 6.45) is 9.25. The summed E-state index contributed by atoms with van der Waals surface area (Å²) in [7, 11) is 0. The number of aromatic nitrogens is 1. The summed E-state index contributed by atoms with van der Waals surface area (Å²) in [4.78, 5) is 15.7. The molecule has 0 radical (unpaired) electrons. The summed E-state index contributed by atoms with van der Waals surface area (Å²) in [5.41, 5.74) is 4.88. The van der Waals surface area contributed by atoms with Crippen molar-refractivity contribution >= 4 is 16.8 Å². The van der Waals surface area contributed by atoms with Crippen molar-refractivity contribution in [3.05, 3.63) is 71.6 Å². The Morgan fingerprint density at radius 1 is 1.39 bits per heavy atom. The Morgan fingerprint density at radius 3 is 2.83 bits per heavy atom. The quantitative estimate of drug-likeness (QED) is 0.739. The van der Waals surface area contributed by atoms with Crippen molar-refractivity contribution < 1.29 is 4.79 Å². The number of aryl methyl sites for hydroxylation is 2. The predicted octanol–water partition coefficient (Wildman–Crippen LogP) is 4.80. The lowest BCUT2D eigenvalue weighted by molar-refractivity contribution is 0.0963. The van der Waals surface area contributed by atoms with Gasteiger partial charge < -0.3 is 10.3 Å². The maximum absolute atomic E-state index is 12.5. The molecule has 0 fully saturated rings. The monoisotopic (exact) mass is 308 g/mol. The summed E-state index contributed by atoms with van der Waals surface area (Å²) in [5.74, 6) is -0.146. The van der Waals surface area contributed by atoms with Crippen LogP contribution < -0.4 is 5.32 Å². The van der Waals surface area contributed by atoms with Crippen molar-refractivity contribution in [2.24, 2.45) is 0 Å². The highest BCUT2D eigenvalue weighted by atomic mass is 16.1. The van der Waals surface area contributed by atoms with Gasteiger partial charge in [0.1, 0.15) is 5.69 Å². The highest BCUT2D eigenvalue weighted by Gasteiger charge is 2.13. The normalized spacial score (nSPS) is 12.0. The Hall–Kier alpha value is -2.55. The van der Waals surface area contributed by atoms with Gasteiger partial charge in [0.15, 0.2) is 0 Å². The molecule has 0 saturated carbocycles. The van der Waals surface area contributed by atoms with Gasteiger partial charge in [0, 0.05) is 16.6 Å². The molecular formula is C20H24N2O. The molecule has 0 atom stereocenters. The van der Waals surface area contributed by atoms with Gasteiger partial charge in [-0.3, -0.25) is 4.79 Å². The van der Waals surface area contributed by atoms with E-state index in [4.69, 9.17) is 0 Å². The zero-order valence-electron chi connectivity index (χ0n) is 14.1. The van der Waals surface area contributed by atoms with E-state index < -0.39 is 0 Å². The number of rotatable bonds is 6. The fourth-order valence-corrected chi connectivity index (χ4v) is 2.72. The van der Waals surface area contributed by atoms with Crippen LogP contribution in [-0.2, 0) is 6.42 Å². The van der Waals surface area contributed by atoms with Crippen LogP contribution in [0.15, 0.2) is 54.8 Å². The van der Waals surface area contributed by atoms with Crippen LogP contribution in [0.1, 0.15) is 41.9 Å². The molecule has 3 nitrogen and oxygen atoms in total. The van der Waals surface area contributed by atoms with Crippen molar-refractivity contribution in [3.8, 4) is 0 Å². The van der Waals surface area contributed by atoms with Crippen LogP contribution in [-0.4, -0.2) is 10.9 Å². The zero-order chi connectivity index (χ0) is 16.8. The minimum Gasteiger partial charge on any atom is -0.351 e. The first-order valence-electron chi connectivity index (χ1n) is 7.98. The van der Waals surface area contributed by atoms with Gasteiger partial charge in [0.25, 0.3) is 5.91 Å². The molecular weight excluding hydrogens is 284 g/mol. The first-order chi connectivity index (χ1) is 11.1. The molecule has 0 aliphatic heterocycles. The first kappa shape index (κ1) is 16.8. The minimum atomic E-state index is -0.146. The molecule has 1 amide bonds. The third-order valence-corrected chi connectivity index (χ3v) is 3.80. The molecule has 2 rings (SSSR count). The number of carbonyl (C=O) groups excluding carboxylic acids is 1. The summed E-state index contributed by atoms with van der Waals surface area (Å²) in [6, 6.07) is 6.09. The Labute approximate surface area is 137 Å². The molecule has 120 valence electrons. The fraction of sp³-hybridized carbons (Fsp3) is 0.250. The van der Waals surface area contributed by atoms with Gasteiger partial charge in [-0.1, -0.05) is 38.1 Å². The largest absolute Gasteiger partial charge is 0.351 e. The first-order valence-corrected chi connectivity index (χ1v) is 7.98. The summed E-state index contributed by atoms with van der Waals surface area (Å²) < 4.78 is 0. The predicted molar refractivity (Wildman–Crippen MR) is 97.6 cm³/mol. The molecule has 0 bridgehead atoms. The van der Waals surface area contributed by atoms with Crippen LogP contribution in [0, 0.1) is 6.92 Å². The maximum Gasteiger partial charge on any atom is 0.272 e. The van der Waals surface area contributed by atoms with E-state index in [0.29, 0.717) is 5.69 Å². The number of nitrogens with one attached hydrogen (secondary N) is 2. The van der Waals surface area contributed by atoms with E-state index in [1.165, 1.54) is 11.1 Å². The van der Waals surface area contributed by atoms with Crippen LogP contribution in [0.2, 0.25) is 0 Å². The van der Waals surface area contributed by atoms with Crippen molar-refractivity contribution in [2.45, 2.75) is 33.6 Å². The molecule has 0 aliphatic rings. The van der Waals surface area contributed by atoms with E-state index in [-0.39, 0.29) is 5.91 Å². The van der Waals surface area contributed by atoms with Crippen molar-refractivity contribution in [3.63, 3.8) is 0 Å². The lowest BCUT2D eigenvalue weighted by Crippen LogP contribution is -2.22. The zero-order valence-corrected chi connectivity index (χ0v) is 14.1. The van der Waals surface area contributed by atoms with Crippen molar-refractivity contribution in [1.82, 2.24) is 10.3 Å². The van der Waals surface area contributed by atoms with E-state index in [1.54, 1.807) is 12.2 Å². The smallest absolute Gasteiger partial charge is 0.272 e. The number of hydrogen-bond acceptors (Lipinski definition) is 1. The highest BCUT2D eigenvalue weighted by molar-refractivity contribution is 6.00. The van der Waals surface area contributed by atoms with Gasteiger partial charge in [-0.25, -0.2) is 0 Å². The van der Waals surface area contributed by atoms with E-state index in [1.807, 2.05) is 31.2 Å². The van der Waals surface area contributed by atoms with E-state index in [2.05, 4.69) is 36.8 Å². The SMILES string of the molecule is C=C/C=C(\C=C/C)NC(=O)c1cc2c(CCC)c(C)ccc2[nH]1. The van der Waals surface area contributed by atoms with E-state index in [9.17, 15) is 4.79 Å². The third kappa shape index (κ3) is 3.81. The molecule has 23 heavy (non-hydrogen) atoms. The van der Waals surface area contributed by atoms with Gasteiger partial charge in [0.05, 0.1) is 0 Å². The number of carbonyl (C=O) groups is 1. The number of allylic oxidation sites excluding steroid dienone is 4. The molecule has 2 aromatic rings. The van der Waals surface area contributed by atoms with Crippen LogP contribution >= 0.6 is 0 Å². The topological polar surface area (TPSA) is 44.9 Å². The molecule has 0 unspecified atom stereocenters. The van der Waals surface area contributed by atoms with Crippen LogP contribution in [0.25, 0.3) is 10.9 Å². The molecule has 1 heterocycles. The van der Waals surface area contributed by atoms with Crippen LogP contribution in [0.5, 0.6) is 0 Å². The maximum atomic E-state index is 12.5. The number of aromatic amines is 1. The number of fused-ring (bicyclic) bond motifs is 1. The number of H-pyrrole nitrogens is 1. The van der Waals surface area contributed by atoms with Gasteiger partial charge in [0.2, 0.25) is 0 Å². The molecule has 0 saturated heterocycles. The summed E-state index contributed by atoms with van der Waals surface area (Å²) in [5, 5.41) is 4.03. The average molecular weight is 308 g/mol. The number of amides is 1. The lowest BCUT2D eigenvalue weighted by Gasteiger charge is -2.05. The van der Waals surface area contributed by atoms with Gasteiger partial charge in [-0.15, -0.1) is 0 Å². The van der Waals surface area contributed by atoms with Crippen LogP contribution in [0.4, 0.5) is 0 Å². The lowest BCUT2D eigenvalue weighted by atomic mass is 10.00. The second-order valence-corrected chi connectivity index (χ2v) is 5.57. The van der Waals surface area contributed by atoms with Gasteiger partial charge in [-0.2, -0.15) is 0 Å². The van der Waals surface area contributed by atoms with Gasteiger partial charge >= 0.3 is 0 Å². The minimum absolute atomic E-state index is 0.146. The molecule has 0 aliphatic carbocycles. The molecule has 2 N–H and O–H groups in total. The Bertz CT molecular complexity index is 778. The van der Waals surface area contributed by atoms with Crippen molar-refractivity contribution in [1.29, 1.82) is 0 Å². The second-order valence-electron chi connectivity index (χ2n) is 5.57. The molecule has 0 spiro atoms. The number of benzene rings is 1. The Kier molecular flexibility index (Phi) is 5.58. The molecule has 3 heteroatoms. The highest BCUT2D eigenvalue weighted by Crippen LogP contribution is 2.24. The van der Waals surface area contributed by atoms with Crippen LogP contribution in [0.3, 0.4) is 0 Å². The fourth-order valence-electron chi connectivity index (χ4n) is 2.72. The van der Waals surface area contributed by atoms with Crippen molar-refractivity contribution in [2.75, 3.05) is 0 Å². The standard InChI is InChI=1S/C20H24N2O/c1-5-8-15(9-6-2)21-20(23)19-13-17-16(10-7-3)14(4)11-12-18(17)22-19/h5-6,8-9,11-13,22H,1,7,10H2,2-4H3,(H,21,23)/b9-6-,15-8+. The third-order valence-electron chi connectivity index (χ3n) is 3.80. The summed E-state index contributed by atoms with van der Waals surface area (Å²) >= 11 is 0. The molecule has 1 aromatic heterocycles. The summed E-state index contributed by atoms with van der Waals surface area (Å²) in [6.45, 7) is 9.87. The van der Waals surface area contributed by atoms with E-state index in [0.717, 1.165) is 29.4 Å². The Morgan fingerprint density at radius 2 is 2.17 bits per heavy atom. The number of hydrogen-bond donors (Lipinski definition) is 2. The van der Waals surface area contributed by atoms with Gasteiger partial charge in [-0.05, 0) is 55.7 Å². The molecule has 1 aromatic carbocycles. The van der Waals surface area contributed by atoms with E-state index >= 15 is 0 Å². The second kappa shape index (κ2) is 7.63. The Balaban J connectivity index is 2.37.